The van der Waals surface area contributed by atoms with Gasteiger partial charge in [-0.3, -0.25) is 4.79 Å². The topological polar surface area (TPSA) is 20.3 Å². The van der Waals surface area contributed by atoms with Crippen LogP contribution in [-0.4, -0.2) is 23.9 Å². The Kier molecular flexibility index (Phi) is 3.20. The Morgan fingerprint density at radius 3 is 2.81 bits per heavy atom. The van der Waals surface area contributed by atoms with Gasteiger partial charge in [0, 0.05) is 18.7 Å². The fourth-order valence-electron chi connectivity index (χ4n) is 1.87. The van der Waals surface area contributed by atoms with Crippen molar-refractivity contribution in [3.63, 3.8) is 0 Å². The van der Waals surface area contributed by atoms with Crippen LogP contribution in [0.15, 0.2) is 43.0 Å². The molecule has 1 heterocycles. The standard InChI is InChI=1S/C14H15NO/c1-2-12-8-4-5-9-13(12)14(16)15-10-6-3-7-11-15/h2-6,8-9H,1,7,10-11H2. The van der Waals surface area contributed by atoms with Gasteiger partial charge in [-0.25, -0.2) is 0 Å². The Morgan fingerprint density at radius 1 is 1.31 bits per heavy atom. The Balaban J connectivity index is 2.26. The van der Waals surface area contributed by atoms with Crippen LogP contribution >= 0.6 is 0 Å². The molecule has 0 aromatic heterocycles. The molecule has 0 spiro atoms. The Morgan fingerprint density at radius 2 is 2.12 bits per heavy atom. The van der Waals surface area contributed by atoms with Gasteiger partial charge in [0.2, 0.25) is 0 Å². The molecule has 0 saturated carbocycles. The summed E-state index contributed by atoms with van der Waals surface area (Å²) >= 11 is 0. The molecular formula is C14H15NO. The third kappa shape index (κ3) is 2.06. The van der Waals surface area contributed by atoms with E-state index in [-0.39, 0.29) is 5.91 Å². The van der Waals surface area contributed by atoms with Gasteiger partial charge in [0.25, 0.3) is 5.91 Å². The zero-order valence-corrected chi connectivity index (χ0v) is 9.23. The third-order valence-corrected chi connectivity index (χ3v) is 2.76. The predicted octanol–water partition coefficient (Wildman–Crippen LogP) is 2.73. The van der Waals surface area contributed by atoms with Gasteiger partial charge in [-0.15, -0.1) is 0 Å². The first-order valence-electron chi connectivity index (χ1n) is 5.48. The number of nitrogens with zero attached hydrogens (tertiary/aromatic N) is 1. The van der Waals surface area contributed by atoms with Crippen LogP contribution in [0.5, 0.6) is 0 Å². The zero-order chi connectivity index (χ0) is 11.4. The molecule has 1 aliphatic rings. The second-order valence-electron chi connectivity index (χ2n) is 3.80. The van der Waals surface area contributed by atoms with E-state index in [1.165, 1.54) is 0 Å². The lowest BCUT2D eigenvalue weighted by Gasteiger charge is -2.24. The lowest BCUT2D eigenvalue weighted by atomic mass is 10.1. The van der Waals surface area contributed by atoms with Crippen molar-refractivity contribution >= 4 is 12.0 Å². The van der Waals surface area contributed by atoms with E-state index in [9.17, 15) is 4.79 Å². The number of hydrogen-bond donors (Lipinski definition) is 0. The van der Waals surface area contributed by atoms with Crippen LogP contribution in [0.3, 0.4) is 0 Å². The number of hydrogen-bond acceptors (Lipinski definition) is 1. The number of rotatable bonds is 2. The van der Waals surface area contributed by atoms with Crippen LogP contribution in [0, 0.1) is 0 Å². The highest BCUT2D eigenvalue weighted by molar-refractivity contribution is 5.97. The van der Waals surface area contributed by atoms with Gasteiger partial charge in [0.15, 0.2) is 0 Å². The minimum Gasteiger partial charge on any atom is -0.335 e. The molecule has 1 amide bonds. The van der Waals surface area contributed by atoms with Crippen LogP contribution in [0.4, 0.5) is 0 Å². The summed E-state index contributed by atoms with van der Waals surface area (Å²) in [5.41, 5.74) is 1.65. The van der Waals surface area contributed by atoms with Gasteiger partial charge in [-0.05, 0) is 18.1 Å². The summed E-state index contributed by atoms with van der Waals surface area (Å²) in [6, 6.07) is 7.58. The first-order valence-corrected chi connectivity index (χ1v) is 5.48. The number of carbonyl (C=O) groups is 1. The molecule has 0 fully saturated rings. The van der Waals surface area contributed by atoms with Crippen molar-refractivity contribution < 1.29 is 4.79 Å². The van der Waals surface area contributed by atoms with Crippen molar-refractivity contribution in [3.8, 4) is 0 Å². The SMILES string of the molecule is C=Cc1ccccc1C(=O)N1CC=CCC1. The molecule has 16 heavy (non-hydrogen) atoms. The maximum atomic E-state index is 12.2. The van der Waals surface area contributed by atoms with Crippen molar-refractivity contribution in [3.05, 3.63) is 54.1 Å². The molecule has 2 rings (SSSR count). The zero-order valence-electron chi connectivity index (χ0n) is 9.23. The van der Waals surface area contributed by atoms with Crippen molar-refractivity contribution in [2.45, 2.75) is 6.42 Å². The fourth-order valence-corrected chi connectivity index (χ4v) is 1.87. The van der Waals surface area contributed by atoms with Gasteiger partial charge in [-0.1, -0.05) is 43.0 Å². The molecule has 0 bridgehead atoms. The van der Waals surface area contributed by atoms with E-state index in [4.69, 9.17) is 0 Å². The maximum absolute atomic E-state index is 12.2. The predicted molar refractivity (Wildman–Crippen MR) is 66.2 cm³/mol. The molecule has 0 radical (unpaired) electrons. The first-order chi connectivity index (χ1) is 7.83. The Bertz CT molecular complexity index is 434. The summed E-state index contributed by atoms with van der Waals surface area (Å²) < 4.78 is 0. The van der Waals surface area contributed by atoms with Crippen LogP contribution < -0.4 is 0 Å². The van der Waals surface area contributed by atoms with Crippen molar-refractivity contribution in [2.24, 2.45) is 0 Å². The molecule has 2 heteroatoms. The second-order valence-corrected chi connectivity index (χ2v) is 3.80. The normalized spacial score (nSPS) is 14.9. The fraction of sp³-hybridized carbons (Fsp3) is 0.214. The van der Waals surface area contributed by atoms with Crippen molar-refractivity contribution in [2.75, 3.05) is 13.1 Å². The Hall–Kier alpha value is -1.83. The molecule has 1 aromatic rings. The summed E-state index contributed by atoms with van der Waals surface area (Å²) in [7, 11) is 0. The monoisotopic (exact) mass is 213 g/mol. The average Bonchev–Trinajstić information content (AvgIpc) is 2.39. The van der Waals surface area contributed by atoms with E-state index in [0.29, 0.717) is 6.54 Å². The molecule has 0 aliphatic carbocycles. The van der Waals surface area contributed by atoms with Gasteiger partial charge in [-0.2, -0.15) is 0 Å². The molecule has 1 aliphatic heterocycles. The van der Waals surface area contributed by atoms with Crippen LogP contribution in [-0.2, 0) is 0 Å². The van der Waals surface area contributed by atoms with E-state index in [1.54, 1.807) is 6.08 Å². The number of carbonyl (C=O) groups excluding carboxylic acids is 1. The van der Waals surface area contributed by atoms with E-state index in [2.05, 4.69) is 12.7 Å². The molecule has 0 unspecified atom stereocenters. The van der Waals surface area contributed by atoms with E-state index in [0.717, 1.165) is 24.1 Å². The molecule has 2 nitrogen and oxygen atoms in total. The van der Waals surface area contributed by atoms with Gasteiger partial charge in [0.1, 0.15) is 0 Å². The molecule has 0 N–H and O–H groups in total. The first kappa shape index (κ1) is 10.7. The summed E-state index contributed by atoms with van der Waals surface area (Å²) in [6.45, 7) is 5.25. The van der Waals surface area contributed by atoms with Crippen molar-refractivity contribution in [1.82, 2.24) is 4.90 Å². The second kappa shape index (κ2) is 4.79. The summed E-state index contributed by atoms with van der Waals surface area (Å²) in [6.07, 6.45) is 6.83. The van der Waals surface area contributed by atoms with Crippen LogP contribution in [0.25, 0.3) is 6.08 Å². The summed E-state index contributed by atoms with van der Waals surface area (Å²) in [4.78, 5) is 14.1. The highest BCUT2D eigenvalue weighted by Crippen LogP contribution is 2.14. The third-order valence-electron chi connectivity index (χ3n) is 2.76. The van der Waals surface area contributed by atoms with E-state index >= 15 is 0 Å². The van der Waals surface area contributed by atoms with Gasteiger partial charge < -0.3 is 4.90 Å². The maximum Gasteiger partial charge on any atom is 0.254 e. The molecule has 82 valence electrons. The lowest BCUT2D eigenvalue weighted by Crippen LogP contribution is -2.34. The van der Waals surface area contributed by atoms with Crippen LogP contribution in [0.2, 0.25) is 0 Å². The molecule has 0 atom stereocenters. The Labute approximate surface area is 95.9 Å². The highest BCUT2D eigenvalue weighted by atomic mass is 16.2. The minimum absolute atomic E-state index is 0.0971. The summed E-state index contributed by atoms with van der Waals surface area (Å²) in [5, 5.41) is 0. The van der Waals surface area contributed by atoms with Crippen molar-refractivity contribution in [1.29, 1.82) is 0 Å². The molecular weight excluding hydrogens is 198 g/mol. The largest absolute Gasteiger partial charge is 0.335 e. The molecule has 0 saturated heterocycles. The molecule has 1 aromatic carbocycles. The summed E-state index contributed by atoms with van der Waals surface area (Å²) in [5.74, 6) is 0.0971. The lowest BCUT2D eigenvalue weighted by molar-refractivity contribution is 0.0771. The van der Waals surface area contributed by atoms with E-state index < -0.39 is 0 Å². The minimum atomic E-state index is 0.0971. The van der Waals surface area contributed by atoms with Gasteiger partial charge in [0.05, 0.1) is 0 Å². The number of amides is 1. The smallest absolute Gasteiger partial charge is 0.254 e. The average molecular weight is 213 g/mol. The number of benzene rings is 1. The van der Waals surface area contributed by atoms with E-state index in [1.807, 2.05) is 35.2 Å². The highest BCUT2D eigenvalue weighted by Gasteiger charge is 2.17. The quantitative estimate of drug-likeness (QED) is 0.692. The van der Waals surface area contributed by atoms with Crippen LogP contribution in [0.1, 0.15) is 22.3 Å². The van der Waals surface area contributed by atoms with Gasteiger partial charge >= 0.3 is 0 Å².